The number of hydrogen-bond acceptors (Lipinski definition) is 4. The molecule has 1 unspecified atom stereocenters. The van der Waals surface area contributed by atoms with Crippen LogP contribution >= 0.6 is 0 Å². The van der Waals surface area contributed by atoms with E-state index in [-0.39, 0.29) is 11.8 Å². The highest BCUT2D eigenvalue weighted by molar-refractivity contribution is 5.86. The molecule has 7 heteroatoms. The lowest BCUT2D eigenvalue weighted by Crippen LogP contribution is -2.49. The van der Waals surface area contributed by atoms with E-state index in [0.29, 0.717) is 13.0 Å². The maximum absolute atomic E-state index is 12.7. The summed E-state index contributed by atoms with van der Waals surface area (Å²) in [6.45, 7) is 7.52. The Kier molecular flexibility index (Phi) is 6.78. The Bertz CT molecular complexity index is 557. The summed E-state index contributed by atoms with van der Waals surface area (Å²) in [5, 5.41) is 2.80. The number of aromatic nitrogens is 2. The van der Waals surface area contributed by atoms with Gasteiger partial charge in [0.15, 0.2) is 0 Å². The molecule has 2 heterocycles. The Morgan fingerprint density at radius 1 is 1.29 bits per heavy atom. The molecule has 0 saturated carbocycles. The molecule has 0 bridgehead atoms. The van der Waals surface area contributed by atoms with Gasteiger partial charge in [0, 0.05) is 52.5 Å². The van der Waals surface area contributed by atoms with Gasteiger partial charge < -0.3 is 14.8 Å². The summed E-state index contributed by atoms with van der Waals surface area (Å²) in [4.78, 5) is 32.7. The average molecular weight is 335 g/mol. The molecule has 2 amide bonds. The lowest BCUT2D eigenvalue weighted by molar-refractivity contribution is -0.136. The Balaban J connectivity index is 1.92. The fourth-order valence-electron chi connectivity index (χ4n) is 3.11. The molecule has 1 aliphatic heterocycles. The third-order valence-corrected chi connectivity index (χ3v) is 4.44. The Morgan fingerprint density at radius 2 is 2.08 bits per heavy atom. The molecule has 1 aromatic rings. The van der Waals surface area contributed by atoms with Gasteiger partial charge >= 0.3 is 0 Å². The molecular formula is C17H29N5O2. The highest BCUT2D eigenvalue weighted by atomic mass is 16.2. The van der Waals surface area contributed by atoms with Gasteiger partial charge in [0.1, 0.15) is 11.9 Å². The molecule has 1 fully saturated rings. The maximum atomic E-state index is 12.7. The number of aryl methyl sites for hydroxylation is 1. The molecule has 0 aliphatic carbocycles. The average Bonchev–Trinajstić information content (AvgIpc) is 2.80. The number of carbonyl (C=O) groups is 2. The molecule has 1 aromatic heterocycles. The van der Waals surface area contributed by atoms with Crippen LogP contribution in [0.5, 0.6) is 0 Å². The predicted octanol–water partition coefficient (Wildman–Crippen LogP) is 0.759. The van der Waals surface area contributed by atoms with Crippen LogP contribution in [0.15, 0.2) is 12.4 Å². The van der Waals surface area contributed by atoms with Crippen LogP contribution in [0.2, 0.25) is 0 Å². The normalized spacial score (nSPS) is 17.4. The van der Waals surface area contributed by atoms with E-state index >= 15 is 0 Å². The van der Waals surface area contributed by atoms with Gasteiger partial charge in [0.2, 0.25) is 11.8 Å². The van der Waals surface area contributed by atoms with Crippen molar-refractivity contribution in [2.24, 2.45) is 7.05 Å². The van der Waals surface area contributed by atoms with E-state index in [1.807, 2.05) is 35.8 Å². The third kappa shape index (κ3) is 5.06. The Morgan fingerprint density at radius 3 is 2.71 bits per heavy atom. The van der Waals surface area contributed by atoms with Crippen molar-refractivity contribution in [3.8, 4) is 0 Å². The summed E-state index contributed by atoms with van der Waals surface area (Å²) in [6, 6.07) is -0.395. The lowest BCUT2D eigenvalue weighted by Gasteiger charge is -2.26. The van der Waals surface area contributed by atoms with Crippen LogP contribution < -0.4 is 5.32 Å². The highest BCUT2D eigenvalue weighted by Crippen LogP contribution is 2.10. The molecule has 1 atom stereocenters. The topological polar surface area (TPSA) is 70.5 Å². The van der Waals surface area contributed by atoms with Crippen LogP contribution in [-0.2, 0) is 23.2 Å². The fraction of sp³-hybridized carbons (Fsp3) is 0.706. The second-order valence-electron chi connectivity index (χ2n) is 6.45. The monoisotopic (exact) mass is 335 g/mol. The quantitative estimate of drug-likeness (QED) is 0.833. The molecular weight excluding hydrogens is 306 g/mol. The number of amides is 2. The molecule has 0 radical (unpaired) electrons. The lowest BCUT2D eigenvalue weighted by atomic mass is 10.1. The standard InChI is InChI=1S/C17H29N5O2/c1-4-6-15(19-14(2)23)17(24)22-9-5-8-21(11-12-22)13-16-18-7-10-20(16)3/h7,10,15H,4-6,8-9,11-13H2,1-3H3,(H,19,23). The molecule has 0 aromatic carbocycles. The molecule has 1 saturated heterocycles. The molecule has 0 spiro atoms. The van der Waals surface area contributed by atoms with Gasteiger partial charge in [-0.05, 0) is 12.8 Å². The number of hydrogen-bond donors (Lipinski definition) is 1. The van der Waals surface area contributed by atoms with E-state index in [9.17, 15) is 9.59 Å². The number of carbonyl (C=O) groups excluding carboxylic acids is 2. The Hall–Kier alpha value is -1.89. The first-order chi connectivity index (χ1) is 11.5. The van der Waals surface area contributed by atoms with E-state index in [2.05, 4.69) is 15.2 Å². The van der Waals surface area contributed by atoms with Gasteiger partial charge in [-0.15, -0.1) is 0 Å². The van der Waals surface area contributed by atoms with Crippen LogP contribution in [0.1, 0.15) is 38.9 Å². The summed E-state index contributed by atoms with van der Waals surface area (Å²) in [5.41, 5.74) is 0. The SMILES string of the molecule is CCCC(NC(C)=O)C(=O)N1CCCN(Cc2nccn2C)CC1. The van der Waals surface area contributed by atoms with Crippen molar-refractivity contribution >= 4 is 11.8 Å². The Labute approximate surface area is 144 Å². The molecule has 24 heavy (non-hydrogen) atoms. The summed E-state index contributed by atoms with van der Waals surface area (Å²) >= 11 is 0. The number of nitrogens with one attached hydrogen (secondary N) is 1. The maximum Gasteiger partial charge on any atom is 0.245 e. The van der Waals surface area contributed by atoms with Gasteiger partial charge in [-0.2, -0.15) is 0 Å². The fourth-order valence-corrected chi connectivity index (χ4v) is 3.11. The van der Waals surface area contributed by atoms with Crippen molar-refractivity contribution in [1.29, 1.82) is 0 Å². The zero-order chi connectivity index (χ0) is 17.5. The minimum absolute atomic E-state index is 0.0471. The predicted molar refractivity (Wildman–Crippen MR) is 92.2 cm³/mol. The van der Waals surface area contributed by atoms with Gasteiger partial charge in [-0.3, -0.25) is 14.5 Å². The molecule has 134 valence electrons. The summed E-state index contributed by atoms with van der Waals surface area (Å²) in [6.07, 6.45) is 6.26. The van der Waals surface area contributed by atoms with Gasteiger partial charge in [-0.25, -0.2) is 4.98 Å². The highest BCUT2D eigenvalue weighted by Gasteiger charge is 2.26. The number of nitrogens with zero attached hydrogens (tertiary/aromatic N) is 4. The van der Waals surface area contributed by atoms with E-state index in [1.165, 1.54) is 6.92 Å². The summed E-state index contributed by atoms with van der Waals surface area (Å²) < 4.78 is 2.03. The minimum atomic E-state index is -0.395. The largest absolute Gasteiger partial charge is 0.345 e. The molecule has 1 aliphatic rings. The van der Waals surface area contributed by atoms with Crippen molar-refractivity contribution in [2.75, 3.05) is 26.2 Å². The van der Waals surface area contributed by atoms with Crippen molar-refractivity contribution in [3.63, 3.8) is 0 Å². The van der Waals surface area contributed by atoms with Crippen LogP contribution in [0.4, 0.5) is 0 Å². The van der Waals surface area contributed by atoms with Crippen molar-refractivity contribution in [1.82, 2.24) is 24.7 Å². The smallest absolute Gasteiger partial charge is 0.245 e. The minimum Gasteiger partial charge on any atom is -0.345 e. The van der Waals surface area contributed by atoms with Crippen molar-refractivity contribution in [2.45, 2.75) is 45.7 Å². The molecule has 1 N–H and O–H groups in total. The first-order valence-electron chi connectivity index (χ1n) is 8.75. The number of imidazole rings is 1. The zero-order valence-electron chi connectivity index (χ0n) is 15.0. The van der Waals surface area contributed by atoms with Crippen LogP contribution in [-0.4, -0.2) is 63.4 Å². The van der Waals surface area contributed by atoms with Crippen LogP contribution in [0.3, 0.4) is 0 Å². The summed E-state index contributed by atoms with van der Waals surface area (Å²) in [5.74, 6) is 0.941. The van der Waals surface area contributed by atoms with E-state index < -0.39 is 6.04 Å². The van der Waals surface area contributed by atoms with Gasteiger partial charge in [-0.1, -0.05) is 13.3 Å². The third-order valence-electron chi connectivity index (χ3n) is 4.44. The van der Waals surface area contributed by atoms with Crippen molar-refractivity contribution < 1.29 is 9.59 Å². The van der Waals surface area contributed by atoms with Gasteiger partial charge in [0.25, 0.3) is 0 Å². The van der Waals surface area contributed by atoms with E-state index in [1.54, 1.807) is 0 Å². The molecule has 7 nitrogen and oxygen atoms in total. The summed E-state index contributed by atoms with van der Waals surface area (Å²) in [7, 11) is 2.00. The van der Waals surface area contributed by atoms with Gasteiger partial charge in [0.05, 0.1) is 6.54 Å². The first-order valence-corrected chi connectivity index (χ1v) is 8.75. The first kappa shape index (κ1) is 18.4. The van der Waals surface area contributed by atoms with E-state index in [4.69, 9.17) is 0 Å². The van der Waals surface area contributed by atoms with E-state index in [0.717, 1.165) is 44.8 Å². The zero-order valence-corrected chi connectivity index (χ0v) is 15.0. The number of rotatable bonds is 6. The van der Waals surface area contributed by atoms with Crippen LogP contribution in [0, 0.1) is 0 Å². The molecule has 2 rings (SSSR count). The van der Waals surface area contributed by atoms with Crippen molar-refractivity contribution in [3.05, 3.63) is 18.2 Å². The second-order valence-corrected chi connectivity index (χ2v) is 6.45. The second kappa shape index (κ2) is 8.82. The van der Waals surface area contributed by atoms with Crippen LogP contribution in [0.25, 0.3) is 0 Å².